The van der Waals surface area contributed by atoms with E-state index in [2.05, 4.69) is 22.8 Å². The fourth-order valence-corrected chi connectivity index (χ4v) is 1.75. The van der Waals surface area contributed by atoms with Crippen molar-refractivity contribution in [3.05, 3.63) is 35.9 Å². The largest absolute Gasteiger partial charge is 0.394 e. The molecule has 0 heterocycles. The van der Waals surface area contributed by atoms with Crippen molar-refractivity contribution in [3.63, 3.8) is 0 Å². The van der Waals surface area contributed by atoms with Crippen LogP contribution >= 0.6 is 12.2 Å². The number of hydrogen-bond acceptors (Lipinski definition) is 2. The number of rotatable bonds is 6. The maximum absolute atomic E-state index is 9.03. The van der Waals surface area contributed by atoms with E-state index in [1.165, 1.54) is 5.56 Å². The molecule has 0 radical (unpaired) electrons. The number of aliphatic hydroxyl groups is 1. The summed E-state index contributed by atoms with van der Waals surface area (Å²) in [6, 6.07) is 10.3. The molecule has 4 heteroatoms. The Bertz CT molecular complexity index is 325. The van der Waals surface area contributed by atoms with Gasteiger partial charge in [-0.1, -0.05) is 37.3 Å². The first kappa shape index (κ1) is 13.9. The Morgan fingerprint density at radius 2 is 2.06 bits per heavy atom. The van der Waals surface area contributed by atoms with Crippen molar-refractivity contribution in [1.29, 1.82) is 0 Å². The first-order valence-electron chi connectivity index (χ1n) is 5.95. The first-order chi connectivity index (χ1) is 8.26. The van der Waals surface area contributed by atoms with Crippen LogP contribution in [0.25, 0.3) is 0 Å². The molecule has 3 nitrogen and oxygen atoms in total. The molecule has 0 saturated heterocycles. The third kappa shape index (κ3) is 5.65. The van der Waals surface area contributed by atoms with Crippen molar-refractivity contribution in [2.75, 3.05) is 13.2 Å². The third-order valence-electron chi connectivity index (χ3n) is 2.59. The summed E-state index contributed by atoms with van der Waals surface area (Å²) in [7, 11) is 0. The number of hydrogen-bond donors (Lipinski definition) is 3. The van der Waals surface area contributed by atoms with Crippen molar-refractivity contribution in [2.45, 2.75) is 25.8 Å². The molecule has 1 rings (SSSR count). The van der Waals surface area contributed by atoms with Crippen molar-refractivity contribution in [2.24, 2.45) is 0 Å². The van der Waals surface area contributed by atoms with Gasteiger partial charge in [-0.2, -0.15) is 0 Å². The van der Waals surface area contributed by atoms with Crippen LogP contribution in [0.3, 0.4) is 0 Å². The highest BCUT2D eigenvalue weighted by Crippen LogP contribution is 1.98. The Morgan fingerprint density at radius 1 is 1.35 bits per heavy atom. The van der Waals surface area contributed by atoms with Crippen molar-refractivity contribution >= 4 is 17.3 Å². The van der Waals surface area contributed by atoms with Crippen molar-refractivity contribution in [1.82, 2.24) is 10.6 Å². The summed E-state index contributed by atoms with van der Waals surface area (Å²) in [5, 5.41) is 15.9. The van der Waals surface area contributed by atoms with Gasteiger partial charge in [0.05, 0.1) is 12.6 Å². The van der Waals surface area contributed by atoms with E-state index in [1.807, 2.05) is 25.1 Å². The highest BCUT2D eigenvalue weighted by Gasteiger charge is 2.04. The maximum Gasteiger partial charge on any atom is 0.166 e. The molecule has 3 N–H and O–H groups in total. The van der Waals surface area contributed by atoms with Crippen LogP contribution in [0.5, 0.6) is 0 Å². The molecule has 1 aromatic rings. The lowest BCUT2D eigenvalue weighted by Crippen LogP contribution is -2.43. The van der Waals surface area contributed by atoms with E-state index in [0.717, 1.165) is 19.4 Å². The second kappa shape index (κ2) is 8.03. The minimum absolute atomic E-state index is 0.0479. The van der Waals surface area contributed by atoms with E-state index in [9.17, 15) is 0 Å². The highest BCUT2D eigenvalue weighted by atomic mass is 32.1. The molecule has 0 aliphatic heterocycles. The minimum Gasteiger partial charge on any atom is -0.394 e. The zero-order chi connectivity index (χ0) is 12.5. The van der Waals surface area contributed by atoms with Crippen molar-refractivity contribution < 1.29 is 5.11 Å². The monoisotopic (exact) mass is 252 g/mol. The number of thiocarbonyl (C=S) groups is 1. The molecule has 0 aliphatic carbocycles. The Hall–Kier alpha value is -1.13. The molecule has 0 amide bonds. The van der Waals surface area contributed by atoms with Gasteiger partial charge in [-0.25, -0.2) is 0 Å². The lowest BCUT2D eigenvalue weighted by molar-refractivity contribution is 0.252. The van der Waals surface area contributed by atoms with Gasteiger partial charge in [-0.15, -0.1) is 0 Å². The molecule has 17 heavy (non-hydrogen) atoms. The Morgan fingerprint density at radius 3 is 2.65 bits per heavy atom. The molecule has 1 atom stereocenters. The van der Waals surface area contributed by atoms with E-state index in [4.69, 9.17) is 17.3 Å². The summed E-state index contributed by atoms with van der Waals surface area (Å²) in [4.78, 5) is 0. The molecular formula is C13H20N2OS. The predicted octanol–water partition coefficient (Wildman–Crippen LogP) is 1.46. The molecule has 0 aromatic heterocycles. The van der Waals surface area contributed by atoms with E-state index in [-0.39, 0.29) is 12.6 Å². The number of nitrogens with one attached hydrogen (secondary N) is 2. The van der Waals surface area contributed by atoms with Crippen LogP contribution in [0.2, 0.25) is 0 Å². The number of aliphatic hydroxyl groups excluding tert-OH is 1. The standard InChI is InChI=1S/C13H20N2OS/c1-2-12(10-16)15-13(17)14-9-8-11-6-4-3-5-7-11/h3-7,12,16H,2,8-10H2,1H3,(H2,14,15,17)/t12-/m1/s1. The summed E-state index contributed by atoms with van der Waals surface area (Å²) < 4.78 is 0. The quantitative estimate of drug-likeness (QED) is 0.671. The summed E-state index contributed by atoms with van der Waals surface area (Å²) in [6.07, 6.45) is 1.80. The highest BCUT2D eigenvalue weighted by molar-refractivity contribution is 7.80. The second-order valence-corrected chi connectivity index (χ2v) is 4.33. The molecule has 0 saturated carbocycles. The van der Waals surface area contributed by atoms with Gasteiger partial charge in [0.15, 0.2) is 5.11 Å². The van der Waals surface area contributed by atoms with Crippen LogP contribution in [0, 0.1) is 0 Å². The fraction of sp³-hybridized carbons (Fsp3) is 0.462. The third-order valence-corrected chi connectivity index (χ3v) is 2.85. The molecule has 94 valence electrons. The van der Waals surface area contributed by atoms with Crippen LogP contribution < -0.4 is 10.6 Å². The molecule has 0 aliphatic rings. The summed E-state index contributed by atoms with van der Waals surface area (Å²) in [6.45, 7) is 2.93. The van der Waals surface area contributed by atoms with Crippen LogP contribution in [0.1, 0.15) is 18.9 Å². The summed E-state index contributed by atoms with van der Waals surface area (Å²) in [5.41, 5.74) is 1.29. The molecule has 0 fully saturated rings. The van der Waals surface area contributed by atoms with Gasteiger partial charge >= 0.3 is 0 Å². The van der Waals surface area contributed by atoms with Gasteiger partial charge in [0.1, 0.15) is 0 Å². The summed E-state index contributed by atoms with van der Waals surface area (Å²) in [5.74, 6) is 0. The first-order valence-corrected chi connectivity index (χ1v) is 6.36. The van der Waals surface area contributed by atoms with Crippen molar-refractivity contribution in [3.8, 4) is 0 Å². The lowest BCUT2D eigenvalue weighted by atomic mass is 10.1. The van der Waals surface area contributed by atoms with E-state index < -0.39 is 0 Å². The smallest absolute Gasteiger partial charge is 0.166 e. The Labute approximate surface area is 108 Å². The van der Waals surface area contributed by atoms with Crippen LogP contribution in [0.15, 0.2) is 30.3 Å². The Balaban J connectivity index is 2.20. The summed E-state index contributed by atoms with van der Waals surface area (Å²) >= 11 is 5.14. The van der Waals surface area contributed by atoms with Crippen LogP contribution in [0.4, 0.5) is 0 Å². The van der Waals surface area contributed by atoms with Gasteiger partial charge in [0, 0.05) is 6.54 Å². The average molecular weight is 252 g/mol. The van der Waals surface area contributed by atoms with Gasteiger partial charge < -0.3 is 15.7 Å². The minimum atomic E-state index is 0.0479. The SMILES string of the molecule is CC[C@H](CO)NC(=S)NCCc1ccccc1. The van der Waals surface area contributed by atoms with Crippen LogP contribution in [-0.2, 0) is 6.42 Å². The second-order valence-electron chi connectivity index (χ2n) is 3.92. The van der Waals surface area contributed by atoms with Gasteiger partial charge in [-0.3, -0.25) is 0 Å². The van der Waals surface area contributed by atoms with Gasteiger partial charge in [0.25, 0.3) is 0 Å². The molecule has 1 aromatic carbocycles. The van der Waals surface area contributed by atoms with E-state index in [0.29, 0.717) is 5.11 Å². The Kier molecular flexibility index (Phi) is 6.58. The molecule has 0 unspecified atom stereocenters. The van der Waals surface area contributed by atoms with E-state index >= 15 is 0 Å². The topological polar surface area (TPSA) is 44.3 Å². The zero-order valence-corrected chi connectivity index (χ0v) is 11.0. The predicted molar refractivity (Wildman–Crippen MR) is 75.0 cm³/mol. The fourth-order valence-electron chi connectivity index (χ4n) is 1.48. The maximum atomic E-state index is 9.03. The van der Waals surface area contributed by atoms with Crippen LogP contribution in [-0.4, -0.2) is 29.4 Å². The van der Waals surface area contributed by atoms with E-state index in [1.54, 1.807) is 0 Å². The molecule has 0 bridgehead atoms. The number of benzene rings is 1. The van der Waals surface area contributed by atoms with Gasteiger partial charge in [0.2, 0.25) is 0 Å². The van der Waals surface area contributed by atoms with Gasteiger partial charge in [-0.05, 0) is 30.6 Å². The molecular weight excluding hydrogens is 232 g/mol. The average Bonchev–Trinajstić information content (AvgIpc) is 2.37. The molecule has 0 spiro atoms. The zero-order valence-electron chi connectivity index (χ0n) is 10.1. The normalized spacial score (nSPS) is 11.9. The lowest BCUT2D eigenvalue weighted by Gasteiger charge is -2.17.